The van der Waals surface area contributed by atoms with Gasteiger partial charge in [0.1, 0.15) is 6.04 Å². The van der Waals surface area contributed by atoms with Crippen molar-refractivity contribution < 1.29 is 15.6 Å². The summed E-state index contributed by atoms with van der Waals surface area (Å²) >= 11 is 0. The summed E-state index contributed by atoms with van der Waals surface area (Å²) in [5.41, 5.74) is 8.33. The summed E-state index contributed by atoms with van der Waals surface area (Å²) in [5, 5.41) is 10.4. The average molecular weight is 247 g/mol. The molecule has 18 heavy (non-hydrogen) atoms. The molecule has 1 atom stereocenters. The Morgan fingerprint density at radius 2 is 2.00 bits per heavy atom. The number of carboxylic acids is 1. The summed E-state index contributed by atoms with van der Waals surface area (Å²) in [5.74, 6) is -0.965. The van der Waals surface area contributed by atoms with Crippen LogP contribution < -0.4 is 10.8 Å². The molecule has 1 aromatic carbocycles. The van der Waals surface area contributed by atoms with E-state index in [0.29, 0.717) is 6.42 Å². The Bertz CT molecular complexity index is 429. The first-order valence-corrected chi connectivity index (χ1v) is 6.81. The van der Waals surface area contributed by atoms with Crippen molar-refractivity contribution in [3.05, 3.63) is 34.9 Å². The topological polar surface area (TPSA) is 67.8 Å². The number of carbonyl (C=O) groups is 1. The van der Waals surface area contributed by atoms with Crippen LogP contribution in [0.2, 0.25) is 0 Å². The Kier molecular flexibility index (Phi) is 4.37. The van der Waals surface area contributed by atoms with Gasteiger partial charge in [-0.2, -0.15) is 0 Å². The molecule has 0 spiro atoms. The fraction of sp³-hybridized carbons (Fsp3) is 0.533. The van der Waals surface area contributed by atoms with E-state index in [-0.39, 0.29) is 12.5 Å². The standard InChI is InChI=1S/C15H21NO2/c16-14(6-3-7-15(17)18)13-9-8-11-4-1-2-5-12(11)10-13/h8-10,14H,1-7,16H2,(H,17,18)/t14-/m0/s1. The van der Waals surface area contributed by atoms with E-state index in [2.05, 4.69) is 23.9 Å². The number of hydrogen-bond donors (Lipinski definition) is 1. The highest BCUT2D eigenvalue weighted by Crippen LogP contribution is 2.25. The predicted molar refractivity (Wildman–Crippen MR) is 67.6 cm³/mol. The highest BCUT2D eigenvalue weighted by molar-refractivity contribution is 5.64. The van der Waals surface area contributed by atoms with Gasteiger partial charge in [0.15, 0.2) is 0 Å². The molecule has 0 amide bonds. The lowest BCUT2D eigenvalue weighted by molar-refractivity contribution is -0.428. The van der Waals surface area contributed by atoms with Crippen molar-refractivity contribution in [3.8, 4) is 0 Å². The molecule has 0 saturated heterocycles. The number of carboxylic acid groups (broad SMARTS) is 1. The van der Waals surface area contributed by atoms with Crippen LogP contribution in [-0.4, -0.2) is 5.97 Å². The SMILES string of the molecule is [NH3+][C@@H](CCCC(=O)[O-])c1ccc2c(c1)CCCC2. The molecule has 3 nitrogen and oxygen atoms in total. The van der Waals surface area contributed by atoms with Crippen LogP contribution in [0.5, 0.6) is 0 Å². The zero-order valence-electron chi connectivity index (χ0n) is 10.8. The van der Waals surface area contributed by atoms with Gasteiger partial charge in [0.25, 0.3) is 0 Å². The normalized spacial score (nSPS) is 16.1. The molecule has 0 fully saturated rings. The molecule has 98 valence electrons. The molecule has 3 N–H and O–H groups in total. The number of hydrogen-bond acceptors (Lipinski definition) is 2. The molecular formula is C15H21NO2. The molecular weight excluding hydrogens is 226 g/mol. The Hall–Kier alpha value is -1.35. The van der Waals surface area contributed by atoms with Crippen molar-refractivity contribution in [1.82, 2.24) is 0 Å². The highest BCUT2D eigenvalue weighted by atomic mass is 16.4. The van der Waals surface area contributed by atoms with Crippen molar-refractivity contribution in [2.24, 2.45) is 0 Å². The zero-order chi connectivity index (χ0) is 13.0. The van der Waals surface area contributed by atoms with Gasteiger partial charge in [-0.3, -0.25) is 0 Å². The molecule has 3 heteroatoms. The molecule has 1 aliphatic rings. The van der Waals surface area contributed by atoms with E-state index in [1.807, 2.05) is 0 Å². The van der Waals surface area contributed by atoms with E-state index in [1.165, 1.54) is 42.4 Å². The summed E-state index contributed by atoms with van der Waals surface area (Å²) in [7, 11) is 0. The van der Waals surface area contributed by atoms with Crippen LogP contribution in [0.1, 0.15) is 54.8 Å². The lowest BCUT2D eigenvalue weighted by Crippen LogP contribution is -2.53. The Labute approximate surface area is 108 Å². The Morgan fingerprint density at radius 1 is 1.28 bits per heavy atom. The molecule has 0 aliphatic heterocycles. The molecule has 1 aliphatic carbocycles. The van der Waals surface area contributed by atoms with Gasteiger partial charge in [-0.05, 0) is 55.7 Å². The van der Waals surface area contributed by atoms with Gasteiger partial charge in [-0.15, -0.1) is 0 Å². The van der Waals surface area contributed by atoms with Crippen molar-refractivity contribution in [2.75, 3.05) is 0 Å². The lowest BCUT2D eigenvalue weighted by atomic mass is 9.88. The molecule has 0 saturated carbocycles. The van der Waals surface area contributed by atoms with Crippen molar-refractivity contribution >= 4 is 5.97 Å². The van der Waals surface area contributed by atoms with Crippen LogP contribution in [0, 0.1) is 0 Å². The third kappa shape index (κ3) is 3.33. The molecule has 0 aromatic heterocycles. The molecule has 1 aromatic rings. The summed E-state index contributed by atoms with van der Waals surface area (Å²) in [6.07, 6.45) is 6.54. The van der Waals surface area contributed by atoms with E-state index < -0.39 is 5.97 Å². The summed E-state index contributed by atoms with van der Waals surface area (Å²) in [6, 6.07) is 6.84. The third-order valence-electron chi connectivity index (χ3n) is 3.78. The lowest BCUT2D eigenvalue weighted by Gasteiger charge is -2.18. The van der Waals surface area contributed by atoms with Gasteiger partial charge in [0.2, 0.25) is 0 Å². The van der Waals surface area contributed by atoms with Gasteiger partial charge in [-0.1, -0.05) is 12.1 Å². The van der Waals surface area contributed by atoms with E-state index in [1.54, 1.807) is 0 Å². The first-order valence-electron chi connectivity index (χ1n) is 6.81. The van der Waals surface area contributed by atoms with E-state index >= 15 is 0 Å². The van der Waals surface area contributed by atoms with Gasteiger partial charge in [0, 0.05) is 18.0 Å². The van der Waals surface area contributed by atoms with Gasteiger partial charge in [0.05, 0.1) is 0 Å². The maximum absolute atomic E-state index is 10.4. The second kappa shape index (κ2) is 6.01. The van der Waals surface area contributed by atoms with Crippen molar-refractivity contribution in [3.63, 3.8) is 0 Å². The number of carbonyl (C=O) groups excluding carboxylic acids is 1. The maximum atomic E-state index is 10.4. The third-order valence-corrected chi connectivity index (χ3v) is 3.78. The summed E-state index contributed by atoms with van der Waals surface area (Å²) in [4.78, 5) is 10.4. The summed E-state index contributed by atoms with van der Waals surface area (Å²) in [6.45, 7) is 0. The minimum atomic E-state index is -0.965. The zero-order valence-corrected chi connectivity index (χ0v) is 10.8. The van der Waals surface area contributed by atoms with E-state index in [9.17, 15) is 9.90 Å². The fourth-order valence-electron chi connectivity index (χ4n) is 2.67. The first kappa shape index (κ1) is 13.1. The highest BCUT2D eigenvalue weighted by Gasteiger charge is 2.14. The van der Waals surface area contributed by atoms with Crippen LogP contribution in [0.25, 0.3) is 0 Å². The van der Waals surface area contributed by atoms with Gasteiger partial charge < -0.3 is 15.6 Å². The van der Waals surface area contributed by atoms with Crippen LogP contribution in [-0.2, 0) is 17.6 Å². The van der Waals surface area contributed by atoms with Gasteiger partial charge >= 0.3 is 0 Å². The number of aliphatic carboxylic acids is 1. The van der Waals surface area contributed by atoms with E-state index in [0.717, 1.165) is 6.42 Å². The molecule has 0 radical (unpaired) electrons. The molecule has 0 unspecified atom stereocenters. The largest absolute Gasteiger partial charge is 0.550 e. The predicted octanol–water partition coefficient (Wildman–Crippen LogP) is 0.769. The van der Waals surface area contributed by atoms with Crippen molar-refractivity contribution in [2.45, 2.75) is 51.0 Å². The van der Waals surface area contributed by atoms with Crippen LogP contribution in [0.4, 0.5) is 0 Å². The molecule has 0 bridgehead atoms. The molecule has 0 heterocycles. The minimum absolute atomic E-state index is 0.136. The number of rotatable bonds is 5. The molecule has 2 rings (SSSR count). The van der Waals surface area contributed by atoms with Crippen LogP contribution in [0.3, 0.4) is 0 Å². The second-order valence-corrected chi connectivity index (χ2v) is 5.20. The first-order chi connectivity index (χ1) is 8.66. The maximum Gasteiger partial charge on any atom is 0.110 e. The van der Waals surface area contributed by atoms with Crippen LogP contribution >= 0.6 is 0 Å². The Balaban J connectivity index is 1.97. The number of benzene rings is 1. The smallest absolute Gasteiger partial charge is 0.110 e. The van der Waals surface area contributed by atoms with Crippen molar-refractivity contribution in [1.29, 1.82) is 0 Å². The number of fused-ring (bicyclic) bond motifs is 1. The monoisotopic (exact) mass is 247 g/mol. The van der Waals surface area contributed by atoms with Crippen LogP contribution in [0.15, 0.2) is 18.2 Å². The second-order valence-electron chi connectivity index (χ2n) is 5.20. The van der Waals surface area contributed by atoms with E-state index in [4.69, 9.17) is 0 Å². The fourth-order valence-corrected chi connectivity index (χ4v) is 2.67. The summed E-state index contributed by atoms with van der Waals surface area (Å²) < 4.78 is 0. The number of aryl methyl sites for hydroxylation is 2. The quantitative estimate of drug-likeness (QED) is 0.835. The average Bonchev–Trinajstić information content (AvgIpc) is 2.37. The minimum Gasteiger partial charge on any atom is -0.550 e. The van der Waals surface area contributed by atoms with Gasteiger partial charge in [-0.25, -0.2) is 0 Å². The number of quaternary nitrogens is 1. The Morgan fingerprint density at radius 3 is 2.72 bits per heavy atom.